The SMILES string of the molecule is c1ccc(-c2nc(-c3ccccc3)nc(-c3ccc(-n4c5ccccc5c5ccc6c7ccccc7n(-c7ccc8c9ccccc9n(-c9ccccc9)c8c7)c6c54)cc3)n2)cc1. The van der Waals surface area contributed by atoms with Crippen LogP contribution in [0, 0.1) is 0 Å². The predicted octanol–water partition coefficient (Wildman–Crippen LogP) is 14.2. The van der Waals surface area contributed by atoms with Gasteiger partial charge in [-0.15, -0.1) is 0 Å². The molecule has 0 fully saturated rings. The molecule has 0 unspecified atom stereocenters. The minimum absolute atomic E-state index is 0.627. The van der Waals surface area contributed by atoms with Crippen LogP contribution >= 0.6 is 0 Å². The van der Waals surface area contributed by atoms with Crippen LogP contribution in [-0.2, 0) is 0 Å². The summed E-state index contributed by atoms with van der Waals surface area (Å²) in [4.78, 5) is 15.0. The minimum atomic E-state index is 0.627. The summed E-state index contributed by atoms with van der Waals surface area (Å²) in [6, 6.07) is 77.5. The maximum Gasteiger partial charge on any atom is 0.164 e. The Labute approximate surface area is 362 Å². The Morgan fingerprint density at radius 3 is 1.11 bits per heavy atom. The van der Waals surface area contributed by atoms with Crippen molar-refractivity contribution in [1.82, 2.24) is 28.7 Å². The Morgan fingerprint density at radius 2 is 0.587 bits per heavy atom. The molecule has 6 nitrogen and oxygen atoms in total. The average Bonchev–Trinajstić information content (AvgIpc) is 4.00. The number of para-hydroxylation sites is 4. The summed E-state index contributed by atoms with van der Waals surface area (Å²) in [5.74, 6) is 1.91. The van der Waals surface area contributed by atoms with Gasteiger partial charge in [-0.2, -0.15) is 0 Å². The van der Waals surface area contributed by atoms with Crippen molar-refractivity contribution in [3.05, 3.63) is 218 Å². The van der Waals surface area contributed by atoms with Crippen LogP contribution in [0.25, 0.3) is 117 Å². The Kier molecular flexibility index (Phi) is 7.80. The fourth-order valence-electron chi connectivity index (χ4n) is 9.69. The third-order valence-electron chi connectivity index (χ3n) is 12.5. The number of rotatable bonds is 6. The number of aromatic nitrogens is 6. The molecular formula is C57H36N6. The van der Waals surface area contributed by atoms with Crippen LogP contribution in [-0.4, -0.2) is 28.7 Å². The molecule has 63 heavy (non-hydrogen) atoms. The monoisotopic (exact) mass is 804 g/mol. The van der Waals surface area contributed by atoms with Gasteiger partial charge < -0.3 is 13.7 Å². The van der Waals surface area contributed by atoms with Crippen LogP contribution in [0.3, 0.4) is 0 Å². The molecule has 0 aliphatic rings. The van der Waals surface area contributed by atoms with E-state index in [-0.39, 0.29) is 0 Å². The number of fused-ring (bicyclic) bond motifs is 10. The van der Waals surface area contributed by atoms with Crippen molar-refractivity contribution in [2.45, 2.75) is 0 Å². The first-order chi connectivity index (χ1) is 31.3. The van der Waals surface area contributed by atoms with Crippen molar-refractivity contribution in [3.8, 4) is 51.2 Å². The first-order valence-electron chi connectivity index (χ1n) is 21.3. The number of hydrogen-bond donors (Lipinski definition) is 0. The van der Waals surface area contributed by atoms with E-state index >= 15 is 0 Å². The second-order valence-corrected chi connectivity index (χ2v) is 16.0. The highest BCUT2D eigenvalue weighted by Crippen LogP contribution is 2.43. The molecule has 0 aliphatic heterocycles. The highest BCUT2D eigenvalue weighted by Gasteiger charge is 2.23. The van der Waals surface area contributed by atoms with Crippen molar-refractivity contribution >= 4 is 65.4 Å². The van der Waals surface area contributed by atoms with E-state index in [0.717, 1.165) is 55.8 Å². The first-order valence-corrected chi connectivity index (χ1v) is 21.3. The zero-order valence-electron chi connectivity index (χ0n) is 34.0. The number of hydrogen-bond acceptors (Lipinski definition) is 3. The summed E-state index contributed by atoms with van der Waals surface area (Å²) in [5.41, 5.74) is 13.1. The van der Waals surface area contributed by atoms with Gasteiger partial charge in [-0.3, -0.25) is 0 Å². The minimum Gasteiger partial charge on any atom is -0.309 e. The van der Waals surface area contributed by atoms with Gasteiger partial charge in [-0.1, -0.05) is 152 Å². The Hall–Kier alpha value is -8.61. The van der Waals surface area contributed by atoms with Crippen LogP contribution in [0.1, 0.15) is 0 Å². The predicted molar refractivity (Wildman–Crippen MR) is 259 cm³/mol. The van der Waals surface area contributed by atoms with Crippen molar-refractivity contribution in [1.29, 1.82) is 0 Å². The molecule has 9 aromatic carbocycles. The zero-order chi connectivity index (χ0) is 41.4. The average molecular weight is 805 g/mol. The van der Waals surface area contributed by atoms with E-state index in [9.17, 15) is 0 Å². The zero-order valence-corrected chi connectivity index (χ0v) is 34.0. The molecule has 0 spiro atoms. The molecule has 6 heteroatoms. The lowest BCUT2D eigenvalue weighted by Gasteiger charge is -2.14. The molecule has 4 heterocycles. The van der Waals surface area contributed by atoms with E-state index in [0.29, 0.717) is 17.5 Å². The maximum absolute atomic E-state index is 5.03. The molecule has 0 bridgehead atoms. The molecule has 0 atom stereocenters. The van der Waals surface area contributed by atoms with E-state index in [1.165, 1.54) is 43.4 Å². The van der Waals surface area contributed by atoms with Crippen LogP contribution in [0.2, 0.25) is 0 Å². The Bertz CT molecular complexity index is 3820. The van der Waals surface area contributed by atoms with Gasteiger partial charge in [0.25, 0.3) is 0 Å². The molecule has 0 amide bonds. The first kappa shape index (κ1) is 35.2. The molecule has 0 saturated heterocycles. The lowest BCUT2D eigenvalue weighted by Crippen LogP contribution is -2.01. The molecular weight excluding hydrogens is 769 g/mol. The summed E-state index contributed by atoms with van der Waals surface area (Å²) >= 11 is 0. The van der Waals surface area contributed by atoms with Gasteiger partial charge >= 0.3 is 0 Å². The van der Waals surface area contributed by atoms with E-state index in [1.807, 2.05) is 60.7 Å². The molecule has 4 aromatic heterocycles. The Balaban J connectivity index is 1.05. The molecule has 0 radical (unpaired) electrons. The summed E-state index contributed by atoms with van der Waals surface area (Å²) in [5, 5.41) is 7.28. The van der Waals surface area contributed by atoms with Gasteiger partial charge in [0.15, 0.2) is 17.5 Å². The summed E-state index contributed by atoms with van der Waals surface area (Å²) in [6.07, 6.45) is 0. The number of benzene rings is 9. The van der Waals surface area contributed by atoms with E-state index in [1.54, 1.807) is 0 Å². The van der Waals surface area contributed by atoms with E-state index < -0.39 is 0 Å². The van der Waals surface area contributed by atoms with Crippen molar-refractivity contribution < 1.29 is 0 Å². The topological polar surface area (TPSA) is 53.5 Å². The third kappa shape index (κ3) is 5.48. The van der Waals surface area contributed by atoms with Crippen LogP contribution in [0.5, 0.6) is 0 Å². The molecule has 13 aromatic rings. The fraction of sp³-hybridized carbons (Fsp3) is 0. The maximum atomic E-state index is 5.03. The van der Waals surface area contributed by atoms with Gasteiger partial charge in [0.05, 0.1) is 33.1 Å². The molecule has 0 aliphatic carbocycles. The van der Waals surface area contributed by atoms with Gasteiger partial charge in [0, 0.05) is 66.1 Å². The smallest absolute Gasteiger partial charge is 0.164 e. The quantitative estimate of drug-likeness (QED) is 0.168. The molecule has 294 valence electrons. The highest BCUT2D eigenvalue weighted by molar-refractivity contribution is 6.24. The summed E-state index contributed by atoms with van der Waals surface area (Å²) < 4.78 is 7.31. The second kappa shape index (κ2) is 14.0. The highest BCUT2D eigenvalue weighted by atomic mass is 15.1. The number of nitrogens with zero attached hydrogens (tertiary/aromatic N) is 6. The van der Waals surface area contributed by atoms with Crippen LogP contribution < -0.4 is 0 Å². The van der Waals surface area contributed by atoms with Crippen molar-refractivity contribution in [2.24, 2.45) is 0 Å². The van der Waals surface area contributed by atoms with Crippen LogP contribution in [0.4, 0.5) is 0 Å². The molecule has 13 rings (SSSR count). The Morgan fingerprint density at radius 1 is 0.238 bits per heavy atom. The molecule has 0 saturated carbocycles. The van der Waals surface area contributed by atoms with E-state index in [2.05, 4.69) is 171 Å². The fourth-order valence-corrected chi connectivity index (χ4v) is 9.69. The van der Waals surface area contributed by atoms with E-state index in [4.69, 9.17) is 15.0 Å². The molecule has 0 N–H and O–H groups in total. The van der Waals surface area contributed by atoms with Gasteiger partial charge in [0.2, 0.25) is 0 Å². The van der Waals surface area contributed by atoms with Crippen molar-refractivity contribution in [2.75, 3.05) is 0 Å². The normalized spacial score (nSPS) is 11.8. The summed E-state index contributed by atoms with van der Waals surface area (Å²) in [6.45, 7) is 0. The second-order valence-electron chi connectivity index (χ2n) is 16.0. The van der Waals surface area contributed by atoms with Gasteiger partial charge in [-0.25, -0.2) is 15.0 Å². The summed E-state index contributed by atoms with van der Waals surface area (Å²) in [7, 11) is 0. The lowest BCUT2D eigenvalue weighted by molar-refractivity contribution is 1.07. The standard InChI is InChI=1S/C57H36N6/c1-4-16-37(17-5-1)55-58-56(38-18-6-2-7-19-38)60-57(59-55)39-28-30-41(31-29-39)62-50-26-14-11-23-44(50)47-34-35-48-45-24-12-15-27-51(45)63(54(48)53(47)62)42-32-33-46-43-22-10-13-25-49(43)61(52(46)36-42)40-20-8-3-9-21-40/h1-36H. The third-order valence-corrected chi connectivity index (χ3v) is 12.5. The largest absolute Gasteiger partial charge is 0.309 e. The van der Waals surface area contributed by atoms with Crippen LogP contribution in [0.15, 0.2) is 218 Å². The van der Waals surface area contributed by atoms with Gasteiger partial charge in [-0.05, 0) is 66.7 Å². The lowest BCUT2D eigenvalue weighted by atomic mass is 10.1. The van der Waals surface area contributed by atoms with Crippen molar-refractivity contribution in [3.63, 3.8) is 0 Å². The van der Waals surface area contributed by atoms with Gasteiger partial charge in [0.1, 0.15) is 0 Å².